The van der Waals surface area contributed by atoms with Gasteiger partial charge in [0.1, 0.15) is 0 Å². The largest absolute Gasteiger partial charge is 0.312 e. The van der Waals surface area contributed by atoms with E-state index in [1.807, 2.05) is 5.51 Å². The van der Waals surface area contributed by atoms with Crippen LogP contribution in [0, 0.1) is 5.92 Å². The first-order chi connectivity index (χ1) is 9.92. The maximum absolute atomic E-state index is 4.41. The van der Waals surface area contributed by atoms with Crippen molar-refractivity contribution in [2.24, 2.45) is 5.92 Å². The van der Waals surface area contributed by atoms with Gasteiger partial charge in [-0.2, -0.15) is 0 Å². The minimum atomic E-state index is 0.730. The number of hydrogen-bond donors (Lipinski definition) is 1. The zero-order valence-electron chi connectivity index (χ0n) is 12.4. The summed E-state index contributed by atoms with van der Waals surface area (Å²) in [5.41, 5.74) is 3.21. The first-order valence-corrected chi connectivity index (χ1v) is 9.19. The highest BCUT2D eigenvalue weighted by Crippen LogP contribution is 2.27. The lowest BCUT2D eigenvalue weighted by Crippen LogP contribution is -2.44. The van der Waals surface area contributed by atoms with Crippen molar-refractivity contribution in [3.63, 3.8) is 0 Å². The molecule has 1 saturated carbocycles. The Kier molecular flexibility index (Phi) is 5.45. The summed E-state index contributed by atoms with van der Waals surface area (Å²) in [6.07, 6.45) is 9.64. The van der Waals surface area contributed by atoms with Gasteiger partial charge in [0.25, 0.3) is 0 Å². The van der Waals surface area contributed by atoms with Gasteiger partial charge in [-0.15, -0.1) is 11.3 Å². The minimum Gasteiger partial charge on any atom is -0.312 e. The third-order valence-corrected chi connectivity index (χ3v) is 5.53. The number of aromatic nitrogens is 1. The maximum atomic E-state index is 4.41. The number of rotatable bonds is 4. The third-order valence-electron chi connectivity index (χ3n) is 4.90. The van der Waals surface area contributed by atoms with Crippen molar-refractivity contribution in [3.05, 3.63) is 16.6 Å². The molecule has 0 aromatic carbocycles. The Morgan fingerprint density at radius 3 is 2.95 bits per heavy atom. The van der Waals surface area contributed by atoms with Gasteiger partial charge in [-0.25, -0.2) is 4.98 Å². The molecule has 0 bridgehead atoms. The molecule has 2 fully saturated rings. The molecule has 2 heterocycles. The molecule has 112 valence electrons. The molecule has 1 aromatic rings. The van der Waals surface area contributed by atoms with Crippen LogP contribution < -0.4 is 5.32 Å². The van der Waals surface area contributed by atoms with Gasteiger partial charge in [-0.1, -0.05) is 19.3 Å². The zero-order chi connectivity index (χ0) is 13.6. The van der Waals surface area contributed by atoms with Gasteiger partial charge in [0.05, 0.1) is 11.2 Å². The standard InChI is InChI=1S/C16H27N3S/c1-2-5-14(6-3-1)16-11-19(9-4-8-17-16)10-7-15-12-20-13-18-15/h12-14,16-17H,1-11H2. The van der Waals surface area contributed by atoms with Crippen LogP contribution in [0.25, 0.3) is 0 Å². The molecule has 1 saturated heterocycles. The molecule has 2 aliphatic rings. The van der Waals surface area contributed by atoms with E-state index in [4.69, 9.17) is 0 Å². The third kappa shape index (κ3) is 4.03. The summed E-state index contributed by atoms with van der Waals surface area (Å²) in [6.45, 7) is 4.87. The van der Waals surface area contributed by atoms with E-state index in [0.29, 0.717) is 0 Å². The molecule has 1 aromatic heterocycles. The maximum Gasteiger partial charge on any atom is 0.0794 e. The second-order valence-corrected chi connectivity index (χ2v) is 7.06. The molecule has 1 aliphatic heterocycles. The van der Waals surface area contributed by atoms with Crippen LogP contribution in [0.4, 0.5) is 0 Å². The molecular formula is C16H27N3S. The number of thiazole rings is 1. The molecule has 0 radical (unpaired) electrons. The van der Waals surface area contributed by atoms with Gasteiger partial charge < -0.3 is 10.2 Å². The van der Waals surface area contributed by atoms with Crippen LogP contribution in [0.15, 0.2) is 10.9 Å². The van der Waals surface area contributed by atoms with Crippen molar-refractivity contribution in [1.29, 1.82) is 0 Å². The van der Waals surface area contributed by atoms with Gasteiger partial charge in [0, 0.05) is 30.9 Å². The van der Waals surface area contributed by atoms with Crippen molar-refractivity contribution in [2.45, 2.75) is 51.0 Å². The molecule has 1 unspecified atom stereocenters. The number of nitrogens with zero attached hydrogens (tertiary/aromatic N) is 2. The van der Waals surface area contributed by atoms with Crippen molar-refractivity contribution >= 4 is 11.3 Å². The van der Waals surface area contributed by atoms with Crippen molar-refractivity contribution in [1.82, 2.24) is 15.2 Å². The summed E-state index contributed by atoms with van der Waals surface area (Å²) in [5, 5.41) is 6.01. The topological polar surface area (TPSA) is 28.2 Å². The molecule has 1 aliphatic carbocycles. The average Bonchev–Trinajstić information content (AvgIpc) is 2.90. The molecule has 4 heteroatoms. The highest BCUT2D eigenvalue weighted by atomic mass is 32.1. The highest BCUT2D eigenvalue weighted by molar-refractivity contribution is 7.07. The van der Waals surface area contributed by atoms with Crippen LogP contribution >= 0.6 is 11.3 Å². The molecule has 0 spiro atoms. The first kappa shape index (κ1) is 14.5. The van der Waals surface area contributed by atoms with Crippen LogP contribution in [0.2, 0.25) is 0 Å². The fourth-order valence-corrected chi connectivity index (χ4v) is 4.31. The Bertz CT molecular complexity index is 373. The van der Waals surface area contributed by atoms with E-state index in [1.165, 1.54) is 70.4 Å². The molecule has 0 amide bonds. The molecule has 3 nitrogen and oxygen atoms in total. The van der Waals surface area contributed by atoms with Gasteiger partial charge >= 0.3 is 0 Å². The monoisotopic (exact) mass is 293 g/mol. The van der Waals surface area contributed by atoms with Gasteiger partial charge in [0.2, 0.25) is 0 Å². The Hall–Kier alpha value is -0.450. The molecule has 1 atom stereocenters. The molecular weight excluding hydrogens is 266 g/mol. The van der Waals surface area contributed by atoms with Crippen molar-refractivity contribution < 1.29 is 0 Å². The lowest BCUT2D eigenvalue weighted by molar-refractivity contribution is 0.207. The van der Waals surface area contributed by atoms with Crippen LogP contribution in [0.1, 0.15) is 44.2 Å². The van der Waals surface area contributed by atoms with Crippen LogP contribution in [-0.2, 0) is 6.42 Å². The fourth-order valence-electron chi connectivity index (χ4n) is 3.71. The predicted octanol–water partition coefficient (Wildman–Crippen LogP) is 2.93. The van der Waals surface area contributed by atoms with E-state index in [2.05, 4.69) is 20.6 Å². The molecule has 20 heavy (non-hydrogen) atoms. The minimum absolute atomic E-state index is 0.730. The van der Waals surface area contributed by atoms with Gasteiger partial charge in [-0.3, -0.25) is 0 Å². The smallest absolute Gasteiger partial charge is 0.0794 e. The van der Waals surface area contributed by atoms with Gasteiger partial charge in [-0.05, 0) is 38.3 Å². The first-order valence-electron chi connectivity index (χ1n) is 8.24. The van der Waals surface area contributed by atoms with Crippen molar-refractivity contribution in [2.75, 3.05) is 26.2 Å². The summed E-state index contributed by atoms with van der Waals surface area (Å²) in [7, 11) is 0. The summed E-state index contributed by atoms with van der Waals surface area (Å²) >= 11 is 1.71. The Labute approximate surface area is 126 Å². The lowest BCUT2D eigenvalue weighted by Gasteiger charge is -2.32. The second-order valence-electron chi connectivity index (χ2n) is 6.34. The molecule has 1 N–H and O–H groups in total. The van der Waals surface area contributed by atoms with Crippen LogP contribution in [0.3, 0.4) is 0 Å². The van der Waals surface area contributed by atoms with Crippen LogP contribution in [0.5, 0.6) is 0 Å². The highest BCUT2D eigenvalue weighted by Gasteiger charge is 2.26. The van der Waals surface area contributed by atoms with E-state index in [9.17, 15) is 0 Å². The van der Waals surface area contributed by atoms with Crippen molar-refractivity contribution in [3.8, 4) is 0 Å². The Morgan fingerprint density at radius 2 is 2.15 bits per heavy atom. The number of nitrogens with one attached hydrogen (secondary N) is 1. The average molecular weight is 293 g/mol. The summed E-state index contributed by atoms with van der Waals surface area (Å²) in [4.78, 5) is 7.07. The van der Waals surface area contributed by atoms with Crippen LogP contribution in [-0.4, -0.2) is 42.1 Å². The number of hydrogen-bond acceptors (Lipinski definition) is 4. The summed E-state index contributed by atoms with van der Waals surface area (Å²) in [5.74, 6) is 0.920. The van der Waals surface area contributed by atoms with E-state index in [-0.39, 0.29) is 0 Å². The SMILES string of the molecule is c1nc(CCN2CCCNC(C3CCCCC3)C2)cs1. The summed E-state index contributed by atoms with van der Waals surface area (Å²) in [6, 6.07) is 0.730. The second kappa shape index (κ2) is 7.53. The summed E-state index contributed by atoms with van der Waals surface area (Å²) < 4.78 is 0. The lowest BCUT2D eigenvalue weighted by atomic mass is 9.83. The Balaban J connectivity index is 1.51. The Morgan fingerprint density at radius 1 is 1.25 bits per heavy atom. The zero-order valence-corrected chi connectivity index (χ0v) is 13.2. The fraction of sp³-hybridized carbons (Fsp3) is 0.812. The normalized spacial score (nSPS) is 26.5. The van der Waals surface area contributed by atoms with E-state index >= 15 is 0 Å². The van der Waals surface area contributed by atoms with E-state index < -0.39 is 0 Å². The quantitative estimate of drug-likeness (QED) is 0.925. The molecule has 3 rings (SSSR count). The predicted molar refractivity (Wildman–Crippen MR) is 85.2 cm³/mol. The van der Waals surface area contributed by atoms with E-state index in [1.54, 1.807) is 11.3 Å². The van der Waals surface area contributed by atoms with Gasteiger partial charge in [0.15, 0.2) is 0 Å². The van der Waals surface area contributed by atoms with E-state index in [0.717, 1.165) is 18.4 Å².